The molecule has 3 rings (SSSR count). The van der Waals surface area contributed by atoms with E-state index in [0.717, 1.165) is 21.0 Å². The van der Waals surface area contributed by atoms with Crippen LogP contribution in [0.2, 0.25) is 5.02 Å². The van der Waals surface area contributed by atoms with Gasteiger partial charge in [0.1, 0.15) is 6.54 Å². The third-order valence-electron chi connectivity index (χ3n) is 5.62. The highest BCUT2D eigenvalue weighted by atomic mass is 35.5. The Morgan fingerprint density at radius 3 is 2.23 bits per heavy atom. The molecule has 0 unspecified atom stereocenters. The van der Waals surface area contributed by atoms with Gasteiger partial charge in [-0.2, -0.15) is 0 Å². The van der Waals surface area contributed by atoms with Gasteiger partial charge < -0.3 is 14.8 Å². The molecule has 0 aromatic heterocycles. The van der Waals surface area contributed by atoms with Gasteiger partial charge in [0, 0.05) is 5.02 Å². The van der Waals surface area contributed by atoms with Crippen LogP contribution in [0, 0.1) is 13.8 Å². The van der Waals surface area contributed by atoms with Crippen LogP contribution in [0.4, 0.5) is 5.69 Å². The maximum Gasteiger partial charge on any atom is 0.264 e. The topological polar surface area (TPSA) is 84.9 Å². The monoisotopic (exact) mass is 516 g/mol. The van der Waals surface area contributed by atoms with Crippen molar-refractivity contribution in [1.82, 2.24) is 5.32 Å². The van der Waals surface area contributed by atoms with Crippen LogP contribution >= 0.6 is 11.6 Å². The smallest absolute Gasteiger partial charge is 0.264 e. The average molecular weight is 517 g/mol. The van der Waals surface area contributed by atoms with Crippen molar-refractivity contribution in [3.8, 4) is 11.5 Å². The maximum absolute atomic E-state index is 13.6. The SMILES string of the molecule is COc1ccc([C@@H](C)NC(=O)CN(c2ccc(C)c(Cl)c2)S(=O)(=O)c2ccc(C)cc2)cc1OC. The molecule has 0 radical (unpaired) electrons. The summed E-state index contributed by atoms with van der Waals surface area (Å²) in [5.41, 5.74) is 2.81. The number of rotatable bonds is 9. The molecule has 0 aliphatic rings. The van der Waals surface area contributed by atoms with E-state index in [1.165, 1.54) is 19.2 Å². The number of sulfonamides is 1. The molecule has 9 heteroatoms. The molecular formula is C26H29ClN2O5S. The zero-order valence-corrected chi connectivity index (χ0v) is 21.9. The molecule has 35 heavy (non-hydrogen) atoms. The summed E-state index contributed by atoms with van der Waals surface area (Å²) in [5.74, 6) is 0.630. The lowest BCUT2D eigenvalue weighted by molar-refractivity contribution is -0.120. The Kier molecular flexibility index (Phi) is 8.30. The van der Waals surface area contributed by atoms with Crippen molar-refractivity contribution >= 4 is 33.2 Å². The molecule has 0 saturated heterocycles. The summed E-state index contributed by atoms with van der Waals surface area (Å²) in [4.78, 5) is 13.1. The normalized spacial score (nSPS) is 12.1. The number of amides is 1. The number of hydrogen-bond acceptors (Lipinski definition) is 5. The van der Waals surface area contributed by atoms with E-state index in [1.54, 1.807) is 56.5 Å². The van der Waals surface area contributed by atoms with Gasteiger partial charge in [0.25, 0.3) is 10.0 Å². The zero-order valence-electron chi connectivity index (χ0n) is 20.3. The van der Waals surface area contributed by atoms with Gasteiger partial charge in [0.15, 0.2) is 11.5 Å². The number of hydrogen-bond donors (Lipinski definition) is 1. The number of nitrogens with one attached hydrogen (secondary N) is 1. The quantitative estimate of drug-likeness (QED) is 0.430. The van der Waals surface area contributed by atoms with Crippen LogP contribution in [-0.2, 0) is 14.8 Å². The Labute approximate surface area is 211 Å². The molecule has 1 atom stereocenters. The van der Waals surface area contributed by atoms with Gasteiger partial charge in [0.2, 0.25) is 5.91 Å². The maximum atomic E-state index is 13.6. The van der Waals surface area contributed by atoms with E-state index in [-0.39, 0.29) is 4.90 Å². The molecule has 7 nitrogen and oxygen atoms in total. The molecule has 0 aliphatic carbocycles. The zero-order chi connectivity index (χ0) is 25.8. The predicted molar refractivity (Wildman–Crippen MR) is 138 cm³/mol. The molecule has 186 valence electrons. The lowest BCUT2D eigenvalue weighted by atomic mass is 10.1. The Morgan fingerprint density at radius 2 is 1.63 bits per heavy atom. The number of carbonyl (C=O) groups excluding carboxylic acids is 1. The fourth-order valence-electron chi connectivity index (χ4n) is 3.51. The molecule has 3 aromatic rings. The van der Waals surface area contributed by atoms with Gasteiger partial charge >= 0.3 is 0 Å². The number of aryl methyl sites for hydroxylation is 2. The van der Waals surface area contributed by atoms with Crippen molar-refractivity contribution in [3.63, 3.8) is 0 Å². The van der Waals surface area contributed by atoms with Crippen LogP contribution in [0.25, 0.3) is 0 Å². The molecule has 1 N–H and O–H groups in total. The van der Waals surface area contributed by atoms with Crippen LogP contribution < -0.4 is 19.1 Å². The predicted octanol–water partition coefficient (Wildman–Crippen LogP) is 5.05. The summed E-state index contributed by atoms with van der Waals surface area (Å²) in [5, 5.41) is 3.28. The lowest BCUT2D eigenvalue weighted by Crippen LogP contribution is -2.41. The first-order valence-electron chi connectivity index (χ1n) is 10.9. The molecule has 1 amide bonds. The molecule has 0 fully saturated rings. The highest BCUT2D eigenvalue weighted by molar-refractivity contribution is 7.92. The first kappa shape index (κ1) is 26.4. The highest BCUT2D eigenvalue weighted by Gasteiger charge is 2.28. The van der Waals surface area contributed by atoms with Crippen LogP contribution in [0.1, 0.15) is 29.7 Å². The number of methoxy groups -OCH3 is 2. The number of halogens is 1. The van der Waals surface area contributed by atoms with Crippen molar-refractivity contribution in [2.45, 2.75) is 31.7 Å². The molecule has 3 aromatic carbocycles. The minimum absolute atomic E-state index is 0.0838. The largest absolute Gasteiger partial charge is 0.493 e. The summed E-state index contributed by atoms with van der Waals surface area (Å²) in [6.45, 7) is 5.08. The van der Waals surface area contributed by atoms with Crippen LogP contribution in [-0.4, -0.2) is 35.1 Å². The van der Waals surface area contributed by atoms with Gasteiger partial charge in [-0.15, -0.1) is 0 Å². The van der Waals surface area contributed by atoms with E-state index in [2.05, 4.69) is 5.32 Å². The van der Waals surface area contributed by atoms with Crippen molar-refractivity contribution in [2.75, 3.05) is 25.1 Å². The lowest BCUT2D eigenvalue weighted by Gasteiger charge is -2.25. The van der Waals surface area contributed by atoms with E-state index in [9.17, 15) is 13.2 Å². The van der Waals surface area contributed by atoms with Gasteiger partial charge in [-0.3, -0.25) is 9.10 Å². The number of carbonyl (C=O) groups is 1. The fraction of sp³-hybridized carbons (Fsp3) is 0.269. The van der Waals surface area contributed by atoms with E-state index >= 15 is 0 Å². The second-order valence-electron chi connectivity index (χ2n) is 8.16. The summed E-state index contributed by atoms with van der Waals surface area (Å²) in [7, 11) is -0.960. The van der Waals surface area contributed by atoms with Crippen molar-refractivity contribution in [1.29, 1.82) is 0 Å². The summed E-state index contributed by atoms with van der Waals surface area (Å²) in [6.07, 6.45) is 0. The first-order valence-corrected chi connectivity index (χ1v) is 12.8. The van der Waals surface area contributed by atoms with E-state index in [1.807, 2.05) is 19.9 Å². The molecule has 0 saturated carbocycles. The fourth-order valence-corrected chi connectivity index (χ4v) is 5.10. The number of benzene rings is 3. The Morgan fingerprint density at radius 1 is 0.971 bits per heavy atom. The number of nitrogens with zero attached hydrogens (tertiary/aromatic N) is 1. The Bertz CT molecular complexity index is 1310. The van der Waals surface area contributed by atoms with Crippen molar-refractivity contribution in [3.05, 3.63) is 82.4 Å². The Balaban J connectivity index is 1.90. The van der Waals surface area contributed by atoms with Gasteiger partial charge in [0.05, 0.1) is 30.8 Å². The van der Waals surface area contributed by atoms with Gasteiger partial charge in [-0.05, 0) is 68.3 Å². The Hall–Kier alpha value is -3.23. The number of anilines is 1. The molecular weight excluding hydrogens is 488 g/mol. The third-order valence-corrected chi connectivity index (χ3v) is 7.82. The minimum atomic E-state index is -4.04. The van der Waals surface area contributed by atoms with Crippen LogP contribution in [0.5, 0.6) is 11.5 Å². The van der Waals surface area contributed by atoms with Crippen LogP contribution in [0.15, 0.2) is 65.6 Å². The first-order chi connectivity index (χ1) is 16.6. The van der Waals surface area contributed by atoms with E-state index < -0.39 is 28.5 Å². The standard InChI is InChI=1S/C26H29ClN2O5S/c1-17-6-11-22(12-7-17)35(31,32)29(21-10-8-18(2)23(27)15-21)16-26(30)28-19(3)20-9-13-24(33-4)25(14-20)34-5/h6-15,19H,16H2,1-5H3,(H,28,30)/t19-/m1/s1. The van der Waals surface area contributed by atoms with Gasteiger partial charge in [-0.25, -0.2) is 8.42 Å². The van der Waals surface area contributed by atoms with Crippen molar-refractivity contribution < 1.29 is 22.7 Å². The third kappa shape index (κ3) is 6.07. The second kappa shape index (κ2) is 11.0. The highest BCUT2D eigenvalue weighted by Crippen LogP contribution is 2.31. The van der Waals surface area contributed by atoms with Crippen LogP contribution in [0.3, 0.4) is 0 Å². The van der Waals surface area contributed by atoms with Crippen molar-refractivity contribution in [2.24, 2.45) is 0 Å². The molecule has 0 aliphatic heterocycles. The molecule has 0 bridgehead atoms. The van der Waals surface area contributed by atoms with E-state index in [4.69, 9.17) is 21.1 Å². The summed E-state index contributed by atoms with van der Waals surface area (Å²) >= 11 is 6.28. The van der Waals surface area contributed by atoms with Gasteiger partial charge in [-0.1, -0.05) is 41.4 Å². The molecule has 0 spiro atoms. The average Bonchev–Trinajstić information content (AvgIpc) is 2.84. The molecule has 0 heterocycles. The second-order valence-corrected chi connectivity index (χ2v) is 10.4. The summed E-state index contributed by atoms with van der Waals surface area (Å²) in [6, 6.07) is 16.3. The van der Waals surface area contributed by atoms with E-state index in [0.29, 0.717) is 22.2 Å². The minimum Gasteiger partial charge on any atom is -0.493 e. The number of ether oxygens (including phenoxy) is 2. The summed E-state index contributed by atoms with van der Waals surface area (Å²) < 4.78 is 38.8.